The monoisotopic (exact) mass is 349 g/mol. The van der Waals surface area contributed by atoms with Crippen molar-refractivity contribution < 1.29 is 8.78 Å². The number of nitrogens with zero attached hydrogens (tertiary/aromatic N) is 2. The van der Waals surface area contributed by atoms with Crippen LogP contribution in [0.4, 0.5) is 20.4 Å². The molecule has 1 aromatic heterocycles. The predicted octanol–water partition coefficient (Wildman–Crippen LogP) is 4.66. The van der Waals surface area contributed by atoms with Crippen LogP contribution in [-0.4, -0.2) is 9.55 Å². The first-order valence-electron chi connectivity index (χ1n) is 6.15. The molecule has 3 rings (SSSR count). The third-order valence-corrected chi connectivity index (χ3v) is 3.53. The molecule has 0 spiro atoms. The SMILES string of the molecule is Fc1cc(-n2ccnc2Nc2ccccc2)c(F)cc1Br. The van der Waals surface area contributed by atoms with Gasteiger partial charge in [0, 0.05) is 24.1 Å². The summed E-state index contributed by atoms with van der Waals surface area (Å²) in [5, 5.41) is 3.06. The number of halogens is 3. The van der Waals surface area contributed by atoms with E-state index in [0.717, 1.165) is 17.8 Å². The number of aromatic nitrogens is 2. The van der Waals surface area contributed by atoms with E-state index in [0.29, 0.717) is 5.95 Å². The highest BCUT2D eigenvalue weighted by atomic mass is 79.9. The van der Waals surface area contributed by atoms with Gasteiger partial charge in [-0.1, -0.05) is 18.2 Å². The molecular formula is C15H10BrF2N3. The van der Waals surface area contributed by atoms with Crippen molar-refractivity contribution in [1.82, 2.24) is 9.55 Å². The van der Waals surface area contributed by atoms with E-state index >= 15 is 0 Å². The number of hydrogen-bond donors (Lipinski definition) is 1. The molecule has 0 amide bonds. The molecule has 0 aliphatic rings. The summed E-state index contributed by atoms with van der Waals surface area (Å²) < 4.78 is 29.2. The number of nitrogens with one attached hydrogen (secondary N) is 1. The van der Waals surface area contributed by atoms with Crippen molar-refractivity contribution in [3.63, 3.8) is 0 Å². The lowest BCUT2D eigenvalue weighted by molar-refractivity contribution is 0.588. The van der Waals surface area contributed by atoms with Gasteiger partial charge in [-0.25, -0.2) is 13.8 Å². The Morgan fingerprint density at radius 1 is 1.05 bits per heavy atom. The van der Waals surface area contributed by atoms with Gasteiger partial charge in [-0.05, 0) is 34.1 Å². The molecule has 0 aliphatic heterocycles. The van der Waals surface area contributed by atoms with Gasteiger partial charge < -0.3 is 5.32 Å². The zero-order valence-electron chi connectivity index (χ0n) is 10.7. The third-order valence-electron chi connectivity index (χ3n) is 2.92. The average Bonchev–Trinajstić information content (AvgIpc) is 2.92. The summed E-state index contributed by atoms with van der Waals surface area (Å²) in [7, 11) is 0. The summed E-state index contributed by atoms with van der Waals surface area (Å²) in [5.74, 6) is -0.676. The van der Waals surface area contributed by atoms with Gasteiger partial charge >= 0.3 is 0 Å². The molecule has 0 bridgehead atoms. The largest absolute Gasteiger partial charge is 0.325 e. The van der Waals surface area contributed by atoms with Crippen LogP contribution in [-0.2, 0) is 0 Å². The van der Waals surface area contributed by atoms with Crippen LogP contribution in [0.1, 0.15) is 0 Å². The van der Waals surface area contributed by atoms with Crippen molar-refractivity contribution in [1.29, 1.82) is 0 Å². The standard InChI is InChI=1S/C15H10BrF2N3/c16-11-8-13(18)14(9-12(11)17)21-7-6-19-15(21)20-10-4-2-1-3-5-10/h1-9H,(H,19,20). The Kier molecular flexibility index (Phi) is 3.70. The molecule has 21 heavy (non-hydrogen) atoms. The topological polar surface area (TPSA) is 29.9 Å². The Morgan fingerprint density at radius 3 is 2.57 bits per heavy atom. The van der Waals surface area contributed by atoms with Crippen LogP contribution in [0.3, 0.4) is 0 Å². The van der Waals surface area contributed by atoms with E-state index in [1.807, 2.05) is 30.3 Å². The molecule has 0 radical (unpaired) electrons. The number of para-hydroxylation sites is 1. The first-order valence-corrected chi connectivity index (χ1v) is 6.95. The molecule has 106 valence electrons. The third kappa shape index (κ3) is 2.80. The lowest BCUT2D eigenvalue weighted by atomic mass is 10.3. The zero-order valence-corrected chi connectivity index (χ0v) is 12.3. The molecule has 1 N–H and O–H groups in total. The summed E-state index contributed by atoms with van der Waals surface area (Å²) in [6.07, 6.45) is 3.09. The molecule has 0 saturated carbocycles. The fourth-order valence-electron chi connectivity index (χ4n) is 1.94. The van der Waals surface area contributed by atoms with Crippen LogP contribution in [0.25, 0.3) is 5.69 Å². The van der Waals surface area contributed by atoms with Gasteiger partial charge in [0.05, 0.1) is 10.2 Å². The van der Waals surface area contributed by atoms with Crippen molar-refractivity contribution in [2.45, 2.75) is 0 Å². The fraction of sp³-hybridized carbons (Fsp3) is 0. The van der Waals surface area contributed by atoms with Gasteiger partial charge in [0.15, 0.2) is 0 Å². The van der Waals surface area contributed by atoms with Crippen LogP contribution in [0.15, 0.2) is 59.3 Å². The Labute approximate surface area is 128 Å². The maximum absolute atomic E-state index is 14.0. The van der Waals surface area contributed by atoms with Crippen LogP contribution >= 0.6 is 15.9 Å². The summed E-state index contributed by atoms with van der Waals surface area (Å²) in [4.78, 5) is 4.13. The molecule has 2 aromatic carbocycles. The van der Waals surface area contributed by atoms with Crippen molar-refractivity contribution in [2.75, 3.05) is 5.32 Å². The molecular weight excluding hydrogens is 340 g/mol. The molecule has 0 fully saturated rings. The van der Waals surface area contributed by atoms with Crippen molar-refractivity contribution >= 4 is 27.6 Å². The fourth-order valence-corrected chi connectivity index (χ4v) is 2.25. The second kappa shape index (κ2) is 5.65. The first-order chi connectivity index (χ1) is 10.1. The zero-order chi connectivity index (χ0) is 14.8. The van der Waals surface area contributed by atoms with Gasteiger partial charge in [-0.2, -0.15) is 0 Å². The number of rotatable bonds is 3. The van der Waals surface area contributed by atoms with Crippen LogP contribution < -0.4 is 5.32 Å². The van der Waals surface area contributed by atoms with Gasteiger partial charge in [-0.3, -0.25) is 4.57 Å². The van der Waals surface area contributed by atoms with E-state index in [4.69, 9.17) is 0 Å². The molecule has 3 nitrogen and oxygen atoms in total. The second-order valence-corrected chi connectivity index (χ2v) is 5.18. The van der Waals surface area contributed by atoms with E-state index in [-0.39, 0.29) is 10.2 Å². The molecule has 0 aliphatic carbocycles. The van der Waals surface area contributed by atoms with Crippen LogP contribution in [0, 0.1) is 11.6 Å². The molecule has 0 atom stereocenters. The van der Waals surface area contributed by atoms with Crippen LogP contribution in [0.2, 0.25) is 0 Å². The van der Waals surface area contributed by atoms with Gasteiger partial charge in [-0.15, -0.1) is 0 Å². The lowest BCUT2D eigenvalue weighted by Gasteiger charge is -2.11. The Morgan fingerprint density at radius 2 is 1.81 bits per heavy atom. The van der Waals surface area contributed by atoms with Crippen molar-refractivity contribution in [3.8, 4) is 5.69 Å². The Bertz CT molecular complexity index is 772. The normalized spacial score (nSPS) is 10.6. The molecule has 1 heterocycles. The Balaban J connectivity index is 2.01. The number of imidazole rings is 1. The summed E-state index contributed by atoms with van der Waals surface area (Å²) in [6.45, 7) is 0. The summed E-state index contributed by atoms with van der Waals surface area (Å²) in [5.41, 5.74) is 0.898. The van der Waals surface area contributed by atoms with Gasteiger partial charge in [0.25, 0.3) is 0 Å². The minimum Gasteiger partial charge on any atom is -0.325 e. The molecule has 0 unspecified atom stereocenters. The molecule has 3 aromatic rings. The highest BCUT2D eigenvalue weighted by Gasteiger charge is 2.13. The van der Waals surface area contributed by atoms with Gasteiger partial charge in [0.1, 0.15) is 11.6 Å². The number of hydrogen-bond acceptors (Lipinski definition) is 2. The van der Waals surface area contributed by atoms with Crippen molar-refractivity contribution in [3.05, 3.63) is 71.0 Å². The summed E-state index contributed by atoms with van der Waals surface area (Å²) in [6, 6.07) is 11.6. The van der Waals surface area contributed by atoms with Crippen molar-refractivity contribution in [2.24, 2.45) is 0 Å². The smallest absolute Gasteiger partial charge is 0.212 e. The van der Waals surface area contributed by atoms with E-state index in [9.17, 15) is 8.78 Å². The van der Waals surface area contributed by atoms with E-state index in [2.05, 4.69) is 26.2 Å². The highest BCUT2D eigenvalue weighted by molar-refractivity contribution is 9.10. The summed E-state index contributed by atoms with van der Waals surface area (Å²) >= 11 is 2.96. The Hall–Kier alpha value is -2.21. The number of anilines is 2. The molecule has 0 saturated heterocycles. The van der Waals surface area contributed by atoms with Gasteiger partial charge in [0.2, 0.25) is 5.95 Å². The number of benzene rings is 2. The second-order valence-electron chi connectivity index (χ2n) is 4.33. The minimum absolute atomic E-state index is 0.0847. The van der Waals surface area contributed by atoms with E-state index < -0.39 is 11.6 Å². The quantitative estimate of drug-likeness (QED) is 0.697. The van der Waals surface area contributed by atoms with Crippen LogP contribution in [0.5, 0.6) is 0 Å². The predicted molar refractivity (Wildman–Crippen MR) is 80.9 cm³/mol. The lowest BCUT2D eigenvalue weighted by Crippen LogP contribution is -2.03. The minimum atomic E-state index is -0.544. The molecule has 6 heteroatoms. The van der Waals surface area contributed by atoms with E-state index in [1.165, 1.54) is 10.8 Å². The highest BCUT2D eigenvalue weighted by Crippen LogP contribution is 2.25. The first kappa shape index (κ1) is 13.8. The maximum Gasteiger partial charge on any atom is 0.212 e. The average molecular weight is 350 g/mol. The maximum atomic E-state index is 14.0. The van der Waals surface area contributed by atoms with E-state index in [1.54, 1.807) is 6.20 Å².